The molecule has 0 aromatic carbocycles. The zero-order valence-corrected chi connectivity index (χ0v) is 17.9. The Bertz CT molecular complexity index is 724. The van der Waals surface area contributed by atoms with Gasteiger partial charge in [-0.15, -0.1) is 11.3 Å². The zero-order chi connectivity index (χ0) is 20.8. The summed E-state index contributed by atoms with van der Waals surface area (Å²) in [6.07, 6.45) is 10.4. The second kappa shape index (κ2) is 10.2. The van der Waals surface area contributed by atoms with Crippen molar-refractivity contribution in [2.75, 3.05) is 31.1 Å². The molecule has 160 valence electrons. The van der Waals surface area contributed by atoms with Crippen LogP contribution < -0.4 is 4.90 Å². The Labute approximate surface area is 176 Å². The highest BCUT2D eigenvalue weighted by atomic mass is 32.1. The number of hydrogen-bond donors (Lipinski definition) is 2. The maximum absolute atomic E-state index is 9.55. The summed E-state index contributed by atoms with van der Waals surface area (Å²) < 4.78 is 0. The second-order valence-corrected chi connectivity index (χ2v) is 9.05. The van der Waals surface area contributed by atoms with Crippen molar-refractivity contribution in [2.45, 2.75) is 57.9 Å². The summed E-state index contributed by atoms with van der Waals surface area (Å²) >= 11 is 2.00. The number of fused-ring (bicyclic) bond motifs is 2. The molecule has 8 heteroatoms. The van der Waals surface area contributed by atoms with Gasteiger partial charge in [-0.3, -0.25) is 4.90 Å². The number of rotatable bonds is 5. The molecule has 1 aromatic heterocycles. The number of thiazole rings is 1. The smallest absolute Gasteiger partial charge is 0.328 e. The molecular weight excluding hydrogens is 390 g/mol. The van der Waals surface area contributed by atoms with Crippen LogP contribution in [0, 0.1) is 5.92 Å². The third-order valence-electron chi connectivity index (χ3n) is 5.91. The maximum Gasteiger partial charge on any atom is 0.328 e. The molecule has 0 amide bonds. The number of hydrogen-bond acceptors (Lipinski definition) is 6. The SMILES string of the molecule is CCCN1CCC[C@@H]2Cc3nc(N4CCCC4)sc3C[C@H]21.O=C(O)/C=C\C(=O)O. The molecule has 3 heterocycles. The van der Waals surface area contributed by atoms with Crippen molar-refractivity contribution in [1.82, 2.24) is 9.88 Å². The number of nitrogens with zero attached hydrogens (tertiary/aromatic N) is 3. The summed E-state index contributed by atoms with van der Waals surface area (Å²) in [6, 6.07) is 0.804. The molecule has 0 bridgehead atoms. The van der Waals surface area contributed by atoms with Crippen LogP contribution in [0.3, 0.4) is 0 Å². The molecule has 0 unspecified atom stereocenters. The molecule has 7 nitrogen and oxygen atoms in total. The summed E-state index contributed by atoms with van der Waals surface area (Å²) in [7, 11) is 0. The molecule has 0 radical (unpaired) electrons. The van der Waals surface area contributed by atoms with Crippen molar-refractivity contribution >= 4 is 28.4 Å². The molecule has 4 rings (SSSR count). The summed E-state index contributed by atoms with van der Waals surface area (Å²) in [5.41, 5.74) is 1.45. The first-order valence-electron chi connectivity index (χ1n) is 10.6. The molecule has 3 aliphatic rings. The van der Waals surface area contributed by atoms with E-state index in [1.165, 1.54) is 82.0 Å². The Morgan fingerprint density at radius 2 is 1.79 bits per heavy atom. The lowest BCUT2D eigenvalue weighted by atomic mass is 9.79. The first-order chi connectivity index (χ1) is 14.0. The molecule has 2 aliphatic heterocycles. The van der Waals surface area contributed by atoms with Gasteiger partial charge in [0.05, 0.1) is 5.69 Å². The fourth-order valence-corrected chi connectivity index (χ4v) is 5.81. The third-order valence-corrected chi connectivity index (χ3v) is 7.09. The van der Waals surface area contributed by atoms with Crippen LogP contribution in [-0.4, -0.2) is 64.3 Å². The Morgan fingerprint density at radius 3 is 2.41 bits per heavy atom. The zero-order valence-electron chi connectivity index (χ0n) is 17.0. The van der Waals surface area contributed by atoms with Crippen LogP contribution in [0.5, 0.6) is 0 Å². The predicted molar refractivity (Wildman–Crippen MR) is 114 cm³/mol. The van der Waals surface area contributed by atoms with E-state index in [0.717, 1.165) is 12.0 Å². The number of carbonyl (C=O) groups is 2. The minimum absolute atomic E-state index is 0.558. The van der Waals surface area contributed by atoms with Crippen molar-refractivity contribution in [3.63, 3.8) is 0 Å². The average molecular weight is 422 g/mol. The first-order valence-corrected chi connectivity index (χ1v) is 11.4. The molecule has 29 heavy (non-hydrogen) atoms. The lowest BCUT2D eigenvalue weighted by Gasteiger charge is -2.43. The maximum atomic E-state index is 9.55. The number of aromatic nitrogens is 1. The van der Waals surface area contributed by atoms with Gasteiger partial charge in [-0.25, -0.2) is 14.6 Å². The number of carboxylic acids is 2. The van der Waals surface area contributed by atoms with Gasteiger partial charge >= 0.3 is 11.9 Å². The van der Waals surface area contributed by atoms with E-state index in [1.807, 2.05) is 11.3 Å². The van der Waals surface area contributed by atoms with Crippen molar-refractivity contribution in [3.8, 4) is 0 Å². The van der Waals surface area contributed by atoms with Gasteiger partial charge in [-0.05, 0) is 64.0 Å². The van der Waals surface area contributed by atoms with Crippen LogP contribution in [0.2, 0.25) is 0 Å². The fourth-order valence-electron chi connectivity index (χ4n) is 4.62. The van der Waals surface area contributed by atoms with Gasteiger partial charge in [-0.2, -0.15) is 0 Å². The Kier molecular flexibility index (Phi) is 7.66. The number of likely N-dealkylation sites (tertiary alicyclic amines) is 1. The molecule has 2 fully saturated rings. The van der Waals surface area contributed by atoms with Gasteiger partial charge in [0, 0.05) is 36.2 Å². The van der Waals surface area contributed by atoms with E-state index in [4.69, 9.17) is 15.2 Å². The van der Waals surface area contributed by atoms with E-state index in [-0.39, 0.29) is 0 Å². The average Bonchev–Trinajstić information content (AvgIpc) is 3.35. The summed E-state index contributed by atoms with van der Waals surface area (Å²) in [6.45, 7) is 7.37. The van der Waals surface area contributed by atoms with E-state index in [1.54, 1.807) is 4.88 Å². The molecule has 1 aliphatic carbocycles. The van der Waals surface area contributed by atoms with Crippen LogP contribution in [-0.2, 0) is 22.4 Å². The normalized spacial score (nSPS) is 24.0. The van der Waals surface area contributed by atoms with Crippen LogP contribution in [0.25, 0.3) is 0 Å². The van der Waals surface area contributed by atoms with E-state index >= 15 is 0 Å². The predicted octanol–water partition coefficient (Wildman–Crippen LogP) is 3.04. The molecule has 0 spiro atoms. The van der Waals surface area contributed by atoms with Gasteiger partial charge in [-0.1, -0.05) is 6.92 Å². The lowest BCUT2D eigenvalue weighted by Crippen LogP contribution is -2.49. The summed E-state index contributed by atoms with van der Waals surface area (Å²) in [5.74, 6) is -1.65. The molecular formula is C21H31N3O4S. The number of piperidine rings is 1. The molecule has 2 atom stereocenters. The number of carboxylic acid groups (broad SMARTS) is 2. The summed E-state index contributed by atoms with van der Waals surface area (Å²) in [4.78, 5) is 31.0. The van der Waals surface area contributed by atoms with Crippen LogP contribution in [0.4, 0.5) is 5.13 Å². The molecule has 1 aromatic rings. The Balaban J connectivity index is 0.000000258. The van der Waals surface area contributed by atoms with Crippen molar-refractivity contribution in [1.29, 1.82) is 0 Å². The standard InChI is InChI=1S/C17H27N3S.C4H4O4/c1-2-7-19-10-5-6-13-11-14-16(12-15(13)19)21-17(18-14)20-8-3-4-9-20;5-3(6)1-2-4(7)8/h13,15H,2-12H2,1H3;1-2H,(H,5,6)(H,7,8)/b;2-1-/t13-,15-;/m1./s1. The lowest BCUT2D eigenvalue weighted by molar-refractivity contribution is -0.134. The van der Waals surface area contributed by atoms with Gasteiger partial charge in [0.25, 0.3) is 0 Å². The molecule has 0 saturated carbocycles. The highest BCUT2D eigenvalue weighted by molar-refractivity contribution is 7.15. The highest BCUT2D eigenvalue weighted by Gasteiger charge is 2.37. The van der Waals surface area contributed by atoms with Crippen molar-refractivity contribution in [3.05, 3.63) is 22.7 Å². The topological polar surface area (TPSA) is 94.0 Å². The first kappa shape index (κ1) is 21.8. The van der Waals surface area contributed by atoms with Crippen LogP contribution in [0.15, 0.2) is 12.2 Å². The monoisotopic (exact) mass is 421 g/mol. The highest BCUT2D eigenvalue weighted by Crippen LogP contribution is 2.39. The summed E-state index contributed by atoms with van der Waals surface area (Å²) in [5, 5.41) is 16.9. The van der Waals surface area contributed by atoms with Crippen molar-refractivity contribution in [2.24, 2.45) is 5.92 Å². The molecule has 2 saturated heterocycles. The quantitative estimate of drug-likeness (QED) is 0.706. The molecule has 2 N–H and O–H groups in total. The van der Waals surface area contributed by atoms with E-state index < -0.39 is 11.9 Å². The van der Waals surface area contributed by atoms with Gasteiger partial charge in [0.2, 0.25) is 0 Å². The van der Waals surface area contributed by atoms with Gasteiger partial charge < -0.3 is 15.1 Å². The van der Waals surface area contributed by atoms with E-state index in [2.05, 4.69) is 16.7 Å². The Morgan fingerprint density at radius 1 is 1.10 bits per heavy atom. The van der Waals surface area contributed by atoms with Gasteiger partial charge in [0.15, 0.2) is 5.13 Å². The third kappa shape index (κ3) is 5.79. The van der Waals surface area contributed by atoms with Gasteiger partial charge in [0.1, 0.15) is 0 Å². The Hall–Kier alpha value is -1.93. The van der Waals surface area contributed by atoms with Crippen molar-refractivity contribution < 1.29 is 19.8 Å². The second-order valence-electron chi connectivity index (χ2n) is 7.98. The fraction of sp³-hybridized carbons (Fsp3) is 0.667. The number of aliphatic carboxylic acids is 2. The minimum Gasteiger partial charge on any atom is -0.478 e. The number of anilines is 1. The minimum atomic E-state index is -1.26. The van der Waals surface area contributed by atoms with Crippen LogP contribution in [0.1, 0.15) is 49.6 Å². The van der Waals surface area contributed by atoms with E-state index in [9.17, 15) is 9.59 Å². The largest absolute Gasteiger partial charge is 0.478 e. The van der Waals surface area contributed by atoms with E-state index in [0.29, 0.717) is 12.2 Å². The van der Waals surface area contributed by atoms with Crippen LogP contribution >= 0.6 is 11.3 Å².